The molecule has 1 N–H and O–H groups in total. The summed E-state index contributed by atoms with van der Waals surface area (Å²) in [6.45, 7) is 3.51. The van der Waals surface area contributed by atoms with Gasteiger partial charge in [0.25, 0.3) is 10.0 Å². The molecule has 1 saturated carbocycles. The van der Waals surface area contributed by atoms with E-state index in [2.05, 4.69) is 5.32 Å². The number of amides is 2. The van der Waals surface area contributed by atoms with E-state index in [0.29, 0.717) is 30.4 Å². The molecule has 0 spiro atoms. The van der Waals surface area contributed by atoms with Gasteiger partial charge in [-0.05, 0) is 31.9 Å². The first-order valence-corrected chi connectivity index (χ1v) is 10.8. The predicted molar refractivity (Wildman–Crippen MR) is 94.8 cm³/mol. The molecule has 1 aromatic rings. The molecule has 0 atom stereocenters. The summed E-state index contributed by atoms with van der Waals surface area (Å²) in [5, 5.41) is 3.10. The lowest BCUT2D eigenvalue weighted by molar-refractivity contribution is 0.166. The van der Waals surface area contributed by atoms with Gasteiger partial charge in [-0.15, -0.1) is 11.3 Å². The molecule has 2 fully saturated rings. The van der Waals surface area contributed by atoms with Crippen LogP contribution < -0.4 is 5.32 Å². The normalized spacial score (nSPS) is 21.0. The van der Waals surface area contributed by atoms with Crippen molar-refractivity contribution in [2.24, 2.45) is 0 Å². The number of rotatable bonds is 3. The lowest BCUT2D eigenvalue weighted by atomic mass is 9.96. The minimum Gasteiger partial charge on any atom is -0.335 e. The Morgan fingerprint density at radius 2 is 1.79 bits per heavy atom. The van der Waals surface area contributed by atoms with Crippen molar-refractivity contribution in [3.8, 4) is 0 Å². The number of carbonyl (C=O) groups excluding carboxylic acids is 1. The SMILES string of the molecule is Cc1ccc(S(=O)(=O)N2CCN(C(=O)NC3CCCCC3)CC2)s1. The Balaban J connectivity index is 1.54. The van der Waals surface area contributed by atoms with Crippen molar-refractivity contribution in [2.45, 2.75) is 49.3 Å². The van der Waals surface area contributed by atoms with Crippen LogP contribution in [0, 0.1) is 6.92 Å². The maximum absolute atomic E-state index is 12.6. The van der Waals surface area contributed by atoms with Gasteiger partial charge in [0.2, 0.25) is 0 Å². The Morgan fingerprint density at radius 3 is 2.38 bits per heavy atom. The van der Waals surface area contributed by atoms with Crippen molar-refractivity contribution in [2.75, 3.05) is 26.2 Å². The second kappa shape index (κ2) is 7.41. The molecule has 1 aliphatic heterocycles. The molecule has 2 amide bonds. The Morgan fingerprint density at radius 1 is 1.12 bits per heavy atom. The lowest BCUT2D eigenvalue weighted by Gasteiger charge is -2.35. The molecule has 1 aromatic heterocycles. The van der Waals surface area contributed by atoms with E-state index in [4.69, 9.17) is 0 Å². The van der Waals surface area contributed by atoms with E-state index in [0.717, 1.165) is 17.7 Å². The average molecular weight is 372 g/mol. The number of thiophene rings is 1. The van der Waals surface area contributed by atoms with Crippen molar-refractivity contribution in [1.82, 2.24) is 14.5 Å². The van der Waals surface area contributed by atoms with E-state index in [9.17, 15) is 13.2 Å². The van der Waals surface area contributed by atoms with Gasteiger partial charge in [-0.1, -0.05) is 19.3 Å². The monoisotopic (exact) mass is 371 g/mol. The molecule has 1 aliphatic carbocycles. The average Bonchev–Trinajstić information content (AvgIpc) is 3.03. The van der Waals surface area contributed by atoms with Gasteiger partial charge < -0.3 is 10.2 Å². The molecular formula is C16H25N3O3S2. The van der Waals surface area contributed by atoms with Gasteiger partial charge in [-0.3, -0.25) is 0 Å². The zero-order valence-corrected chi connectivity index (χ0v) is 15.7. The van der Waals surface area contributed by atoms with E-state index < -0.39 is 10.0 Å². The standard InChI is InChI=1S/C16H25N3O3S2/c1-13-7-8-15(23-13)24(21,22)19-11-9-18(10-12-19)16(20)17-14-5-3-2-4-6-14/h7-8,14H,2-6,9-12H2,1H3,(H,17,20). The predicted octanol–water partition coefficient (Wildman–Crippen LogP) is 2.41. The van der Waals surface area contributed by atoms with Crippen LogP contribution in [0.3, 0.4) is 0 Å². The fraction of sp³-hybridized carbons (Fsp3) is 0.688. The Hall–Kier alpha value is -1.12. The first-order valence-electron chi connectivity index (χ1n) is 8.59. The highest BCUT2D eigenvalue weighted by atomic mass is 32.2. The highest BCUT2D eigenvalue weighted by molar-refractivity contribution is 7.91. The number of nitrogens with zero attached hydrogens (tertiary/aromatic N) is 2. The first kappa shape index (κ1) is 17.7. The quantitative estimate of drug-likeness (QED) is 0.887. The minimum atomic E-state index is -3.42. The van der Waals surface area contributed by atoms with E-state index >= 15 is 0 Å². The number of hydrogen-bond donors (Lipinski definition) is 1. The van der Waals surface area contributed by atoms with Gasteiger partial charge in [-0.2, -0.15) is 4.31 Å². The lowest BCUT2D eigenvalue weighted by Crippen LogP contribution is -2.54. The largest absolute Gasteiger partial charge is 0.335 e. The second-order valence-electron chi connectivity index (χ2n) is 6.54. The molecule has 1 saturated heterocycles. The Bertz CT molecular complexity index is 672. The van der Waals surface area contributed by atoms with Gasteiger partial charge in [-0.25, -0.2) is 13.2 Å². The Labute approximate surface area is 147 Å². The molecule has 0 radical (unpaired) electrons. The second-order valence-corrected chi connectivity index (χ2v) is 9.99. The number of aryl methyl sites for hydroxylation is 1. The first-order chi connectivity index (χ1) is 11.5. The van der Waals surface area contributed by atoms with Crippen LogP contribution >= 0.6 is 11.3 Å². The fourth-order valence-electron chi connectivity index (χ4n) is 3.32. The summed E-state index contributed by atoms with van der Waals surface area (Å²) < 4.78 is 27.1. The smallest absolute Gasteiger partial charge is 0.317 e. The number of urea groups is 1. The van der Waals surface area contributed by atoms with Crippen molar-refractivity contribution in [3.63, 3.8) is 0 Å². The number of sulfonamides is 1. The molecule has 0 aromatic carbocycles. The van der Waals surface area contributed by atoms with E-state index in [1.54, 1.807) is 11.0 Å². The van der Waals surface area contributed by atoms with Crippen LogP contribution in [0.15, 0.2) is 16.3 Å². The van der Waals surface area contributed by atoms with Crippen molar-refractivity contribution in [3.05, 3.63) is 17.0 Å². The van der Waals surface area contributed by atoms with Crippen LogP contribution in [-0.2, 0) is 10.0 Å². The summed E-state index contributed by atoms with van der Waals surface area (Å²) in [4.78, 5) is 15.1. The molecule has 0 bridgehead atoms. The number of nitrogens with one attached hydrogen (secondary N) is 1. The van der Waals surface area contributed by atoms with Crippen molar-refractivity contribution in [1.29, 1.82) is 0 Å². The van der Waals surface area contributed by atoms with Crippen LogP contribution in [0.4, 0.5) is 4.79 Å². The molecule has 24 heavy (non-hydrogen) atoms. The van der Waals surface area contributed by atoms with E-state index in [1.165, 1.54) is 34.9 Å². The van der Waals surface area contributed by atoms with E-state index in [-0.39, 0.29) is 12.1 Å². The molecule has 134 valence electrons. The van der Waals surface area contributed by atoms with Crippen LogP contribution in [0.2, 0.25) is 0 Å². The number of carbonyl (C=O) groups is 1. The minimum absolute atomic E-state index is 0.0501. The summed E-state index contributed by atoms with van der Waals surface area (Å²) >= 11 is 1.30. The van der Waals surface area contributed by atoms with Gasteiger partial charge in [0.05, 0.1) is 0 Å². The highest BCUT2D eigenvalue weighted by Crippen LogP contribution is 2.25. The molecule has 3 rings (SSSR count). The summed E-state index contributed by atoms with van der Waals surface area (Å²) in [5.74, 6) is 0. The zero-order chi connectivity index (χ0) is 17.2. The summed E-state index contributed by atoms with van der Waals surface area (Å²) in [6, 6.07) is 3.72. The van der Waals surface area contributed by atoms with Gasteiger partial charge in [0.1, 0.15) is 4.21 Å². The molecule has 6 nitrogen and oxygen atoms in total. The molecule has 8 heteroatoms. The third kappa shape index (κ3) is 3.92. The maximum atomic E-state index is 12.6. The van der Waals surface area contributed by atoms with Gasteiger partial charge in [0.15, 0.2) is 0 Å². The summed E-state index contributed by atoms with van der Waals surface area (Å²) in [6.07, 6.45) is 5.72. The van der Waals surface area contributed by atoms with Gasteiger partial charge in [0, 0.05) is 37.1 Å². The fourth-order valence-corrected chi connectivity index (χ4v) is 6.18. The molecule has 2 aliphatic rings. The van der Waals surface area contributed by atoms with Crippen molar-refractivity contribution >= 4 is 27.4 Å². The van der Waals surface area contributed by atoms with Gasteiger partial charge >= 0.3 is 6.03 Å². The number of piperazine rings is 1. The highest BCUT2D eigenvalue weighted by Gasteiger charge is 2.31. The molecular weight excluding hydrogens is 346 g/mol. The Kier molecular flexibility index (Phi) is 5.46. The summed E-state index contributed by atoms with van der Waals surface area (Å²) in [5.41, 5.74) is 0. The third-order valence-corrected chi connectivity index (χ3v) is 8.14. The third-order valence-electron chi connectivity index (χ3n) is 4.77. The van der Waals surface area contributed by atoms with Crippen LogP contribution in [0.1, 0.15) is 37.0 Å². The van der Waals surface area contributed by atoms with E-state index in [1.807, 2.05) is 13.0 Å². The maximum Gasteiger partial charge on any atom is 0.317 e. The van der Waals surface area contributed by atoms with Crippen molar-refractivity contribution < 1.29 is 13.2 Å². The zero-order valence-electron chi connectivity index (χ0n) is 14.0. The molecule has 2 heterocycles. The van der Waals surface area contributed by atoms with Crippen LogP contribution in [-0.4, -0.2) is 55.9 Å². The topological polar surface area (TPSA) is 69.7 Å². The molecule has 0 unspecified atom stereocenters. The summed E-state index contributed by atoms with van der Waals surface area (Å²) in [7, 11) is -3.42. The van der Waals surface area contributed by atoms with Crippen LogP contribution in [0.5, 0.6) is 0 Å². The van der Waals surface area contributed by atoms with Crippen LogP contribution in [0.25, 0.3) is 0 Å². The number of hydrogen-bond acceptors (Lipinski definition) is 4.